The lowest BCUT2D eigenvalue weighted by Crippen LogP contribution is -2.06. The number of fused-ring (bicyclic) bond motifs is 3. The van der Waals surface area contributed by atoms with Gasteiger partial charge in [0.2, 0.25) is 5.82 Å². The average Bonchev–Trinajstić information content (AvgIpc) is 2.72. The highest BCUT2D eigenvalue weighted by molar-refractivity contribution is 6.00. The van der Waals surface area contributed by atoms with E-state index in [1.54, 1.807) is 18.2 Å². The number of hydrogen-bond donors (Lipinski definition) is 0. The first-order valence-electron chi connectivity index (χ1n) is 4.77. The molecular weight excluding hydrogens is 233 g/mol. The molecule has 0 amide bonds. The molecule has 1 aromatic carbocycles. The summed E-state index contributed by atoms with van der Waals surface area (Å²) in [6, 6.07) is 6.54. The van der Waals surface area contributed by atoms with Crippen molar-refractivity contribution in [1.29, 1.82) is 0 Å². The number of imidazole rings is 1. The van der Waals surface area contributed by atoms with Crippen LogP contribution in [-0.4, -0.2) is 9.97 Å². The van der Waals surface area contributed by atoms with E-state index in [9.17, 15) is 13.2 Å². The number of benzene rings is 1. The van der Waals surface area contributed by atoms with E-state index in [0.29, 0.717) is 11.0 Å². The van der Waals surface area contributed by atoms with Gasteiger partial charge in [0.05, 0.1) is 11.8 Å². The van der Waals surface area contributed by atoms with Gasteiger partial charge in [0.25, 0.3) is 0 Å². The molecule has 3 rings (SSSR count). The molecule has 0 radical (unpaired) electrons. The van der Waals surface area contributed by atoms with E-state index in [1.807, 2.05) is 0 Å². The molecule has 86 valence electrons. The third-order valence-electron chi connectivity index (χ3n) is 2.38. The van der Waals surface area contributed by atoms with Crippen molar-refractivity contribution in [2.24, 2.45) is 0 Å². The number of aromatic nitrogens is 2. The van der Waals surface area contributed by atoms with Crippen LogP contribution in [-0.2, 0) is 6.18 Å². The maximum Gasteiger partial charge on any atom is 0.451 e. The van der Waals surface area contributed by atoms with Gasteiger partial charge in [-0.2, -0.15) is 13.2 Å². The standard InChI is InChI=1S/C11H5F3N2O/c12-11(13,14)10-15-7-4-3-6-2-1-5-17-9(6)8(7)16-10/h1-5H. The minimum Gasteiger partial charge on any atom is -0.462 e. The lowest BCUT2D eigenvalue weighted by atomic mass is 10.2. The van der Waals surface area contributed by atoms with Gasteiger partial charge in [0.1, 0.15) is 5.52 Å². The minimum atomic E-state index is -4.54. The first kappa shape index (κ1) is 10.1. The second-order valence-corrected chi connectivity index (χ2v) is 3.51. The zero-order valence-electron chi connectivity index (χ0n) is 8.32. The SMILES string of the molecule is FC(F)(F)c1nc2ccc3cccoc3c2n1. The molecule has 0 aliphatic rings. The Morgan fingerprint density at radius 1 is 1.06 bits per heavy atom. The highest BCUT2D eigenvalue weighted by Gasteiger charge is 2.36. The summed E-state index contributed by atoms with van der Waals surface area (Å²) < 4.78 is 42.6. The Hall–Kier alpha value is -2.11. The summed E-state index contributed by atoms with van der Waals surface area (Å²) in [7, 11) is 0. The van der Waals surface area contributed by atoms with Crippen molar-refractivity contribution in [1.82, 2.24) is 9.97 Å². The Balaban J connectivity index is 2.39. The summed E-state index contributed by atoms with van der Waals surface area (Å²) in [5, 5.41) is 0.689. The van der Waals surface area contributed by atoms with Crippen LogP contribution in [0.1, 0.15) is 5.82 Å². The van der Waals surface area contributed by atoms with Crippen LogP contribution in [0.5, 0.6) is 0 Å². The van der Waals surface area contributed by atoms with Crippen LogP contribution in [0.2, 0.25) is 0 Å². The molecule has 0 saturated carbocycles. The Kier molecular flexibility index (Phi) is 1.89. The van der Waals surface area contributed by atoms with Crippen LogP contribution in [0.3, 0.4) is 0 Å². The Labute approximate surface area is 92.9 Å². The molecule has 0 spiro atoms. The van der Waals surface area contributed by atoms with Gasteiger partial charge in [-0.1, -0.05) is 0 Å². The zero-order chi connectivity index (χ0) is 12.0. The highest BCUT2D eigenvalue weighted by atomic mass is 19.4. The molecule has 0 unspecified atom stereocenters. The van der Waals surface area contributed by atoms with Crippen molar-refractivity contribution in [3.8, 4) is 0 Å². The number of halogens is 3. The summed E-state index contributed by atoms with van der Waals surface area (Å²) in [6.07, 6.45) is -3.15. The topological polar surface area (TPSA) is 38.9 Å². The molecule has 0 bridgehead atoms. The molecular formula is C11H5F3N2O. The summed E-state index contributed by atoms with van der Waals surface area (Å²) in [4.78, 5) is 6.92. The zero-order valence-corrected chi connectivity index (χ0v) is 8.32. The van der Waals surface area contributed by atoms with Crippen molar-refractivity contribution < 1.29 is 17.6 Å². The number of hydrogen-bond acceptors (Lipinski definition) is 3. The lowest BCUT2D eigenvalue weighted by molar-refractivity contribution is -0.144. The van der Waals surface area contributed by atoms with E-state index < -0.39 is 12.0 Å². The van der Waals surface area contributed by atoms with Crippen molar-refractivity contribution in [3.63, 3.8) is 0 Å². The number of rotatable bonds is 0. The largest absolute Gasteiger partial charge is 0.462 e. The normalized spacial score (nSPS) is 12.4. The lowest BCUT2D eigenvalue weighted by Gasteiger charge is -1.97. The third-order valence-corrected chi connectivity index (χ3v) is 2.38. The van der Waals surface area contributed by atoms with Crippen molar-refractivity contribution in [3.05, 3.63) is 36.4 Å². The fourth-order valence-corrected chi connectivity index (χ4v) is 1.65. The Morgan fingerprint density at radius 3 is 2.65 bits per heavy atom. The monoisotopic (exact) mass is 238 g/mol. The molecule has 6 heteroatoms. The summed E-state index contributed by atoms with van der Waals surface area (Å²) in [6.45, 7) is 0. The van der Waals surface area contributed by atoms with E-state index in [0.717, 1.165) is 0 Å². The highest BCUT2D eigenvalue weighted by Crippen LogP contribution is 2.31. The van der Waals surface area contributed by atoms with Gasteiger partial charge < -0.3 is 4.42 Å². The van der Waals surface area contributed by atoms with Gasteiger partial charge in [0, 0.05) is 5.39 Å². The van der Waals surface area contributed by atoms with Crippen LogP contribution in [0.4, 0.5) is 13.2 Å². The van der Waals surface area contributed by atoms with Crippen LogP contribution < -0.4 is 0 Å². The molecule has 3 aromatic rings. The van der Waals surface area contributed by atoms with E-state index in [4.69, 9.17) is 4.42 Å². The predicted molar refractivity (Wildman–Crippen MR) is 54.3 cm³/mol. The van der Waals surface area contributed by atoms with Crippen LogP contribution >= 0.6 is 0 Å². The van der Waals surface area contributed by atoms with Crippen LogP contribution in [0, 0.1) is 0 Å². The molecule has 17 heavy (non-hydrogen) atoms. The Morgan fingerprint density at radius 2 is 1.88 bits per heavy atom. The summed E-state index contributed by atoms with van der Waals surface area (Å²) in [5.74, 6) is -1.14. The van der Waals surface area contributed by atoms with Crippen LogP contribution in [0.15, 0.2) is 34.9 Å². The molecule has 0 fully saturated rings. The second-order valence-electron chi connectivity index (χ2n) is 3.51. The molecule has 0 N–H and O–H groups in total. The van der Waals surface area contributed by atoms with Gasteiger partial charge in [-0.15, -0.1) is 0 Å². The first-order chi connectivity index (χ1) is 8.05. The summed E-state index contributed by atoms with van der Waals surface area (Å²) >= 11 is 0. The van der Waals surface area contributed by atoms with Gasteiger partial charge in [-0.05, 0) is 24.3 Å². The average molecular weight is 238 g/mol. The fourth-order valence-electron chi connectivity index (χ4n) is 1.65. The molecule has 2 aromatic heterocycles. The van der Waals surface area contributed by atoms with Gasteiger partial charge in [-0.25, -0.2) is 9.97 Å². The maximum atomic E-state index is 12.5. The maximum absolute atomic E-state index is 12.5. The van der Waals surface area contributed by atoms with Crippen molar-refractivity contribution in [2.45, 2.75) is 6.18 Å². The first-order valence-corrected chi connectivity index (χ1v) is 4.77. The molecule has 0 saturated heterocycles. The molecule has 0 atom stereocenters. The van der Waals surface area contributed by atoms with E-state index >= 15 is 0 Å². The van der Waals surface area contributed by atoms with E-state index in [2.05, 4.69) is 9.97 Å². The minimum absolute atomic E-state index is 0.135. The predicted octanol–water partition coefficient (Wildman–Crippen LogP) is 3.39. The van der Waals surface area contributed by atoms with Gasteiger partial charge in [0.15, 0.2) is 5.58 Å². The number of nitrogens with zero attached hydrogens (tertiary/aromatic N) is 2. The van der Waals surface area contributed by atoms with E-state index in [-0.39, 0.29) is 11.0 Å². The fraction of sp³-hybridized carbons (Fsp3) is 0.0909. The third kappa shape index (κ3) is 1.52. The van der Waals surface area contributed by atoms with Crippen LogP contribution in [0.25, 0.3) is 22.0 Å². The smallest absolute Gasteiger partial charge is 0.451 e. The van der Waals surface area contributed by atoms with Crippen molar-refractivity contribution in [2.75, 3.05) is 0 Å². The van der Waals surface area contributed by atoms with E-state index in [1.165, 1.54) is 12.3 Å². The van der Waals surface area contributed by atoms with Crippen molar-refractivity contribution >= 4 is 22.0 Å². The molecule has 3 nitrogen and oxygen atoms in total. The molecule has 0 aliphatic heterocycles. The quantitative estimate of drug-likeness (QED) is 0.602. The van der Waals surface area contributed by atoms with Gasteiger partial charge in [-0.3, -0.25) is 0 Å². The number of alkyl halides is 3. The summed E-state index contributed by atoms with van der Waals surface area (Å²) in [5.41, 5.74) is 0.628. The molecule has 2 heterocycles. The molecule has 0 aliphatic carbocycles. The van der Waals surface area contributed by atoms with Gasteiger partial charge >= 0.3 is 6.18 Å². The second kappa shape index (κ2) is 3.19. The Bertz CT molecular complexity index is 703.